The third-order valence-corrected chi connectivity index (χ3v) is 10.1. The molecule has 4 saturated heterocycles. The van der Waals surface area contributed by atoms with Crippen LogP contribution in [0.3, 0.4) is 0 Å². The highest BCUT2D eigenvalue weighted by molar-refractivity contribution is 5.84. The highest BCUT2D eigenvalue weighted by Gasteiger charge is 2.75. The van der Waals surface area contributed by atoms with E-state index in [4.69, 9.17) is 14.8 Å². The number of aryl methyl sites for hydroxylation is 1. The molecule has 1 aliphatic carbocycles. The van der Waals surface area contributed by atoms with Crippen LogP contribution in [0.15, 0.2) is 42.6 Å². The van der Waals surface area contributed by atoms with Crippen LogP contribution in [-0.4, -0.2) is 80.0 Å². The van der Waals surface area contributed by atoms with Crippen LogP contribution in [0.25, 0.3) is 5.65 Å². The maximum atomic E-state index is 13.0. The molecule has 5 aliphatic rings. The fourth-order valence-electron chi connectivity index (χ4n) is 7.79. The minimum absolute atomic E-state index is 0.0172. The van der Waals surface area contributed by atoms with Gasteiger partial charge in [0.1, 0.15) is 5.60 Å². The van der Waals surface area contributed by atoms with Gasteiger partial charge in [-0.15, -0.1) is 5.10 Å². The second kappa shape index (κ2) is 8.75. The molecule has 2 N–H and O–H groups in total. The number of aliphatic hydroxyl groups is 1. The van der Waals surface area contributed by atoms with Gasteiger partial charge in [0.05, 0.1) is 36.6 Å². The summed E-state index contributed by atoms with van der Waals surface area (Å²) in [6.07, 6.45) is 3.98. The lowest BCUT2D eigenvalue weighted by Crippen LogP contribution is -2.69. The molecular formula is C30H35N5O5. The second-order valence-electron chi connectivity index (χ2n) is 12.5. The van der Waals surface area contributed by atoms with E-state index in [1.54, 1.807) is 4.90 Å². The SMILES string of the molecule is Cc1cc(N2CC[C@](C)(c3ccccc3)C2)cn2nc(C34CC(N5CCC(C(=O)O)CC5=O)(CO3)C4CO)nc12. The summed E-state index contributed by atoms with van der Waals surface area (Å²) in [5.41, 5.74) is 2.77. The smallest absolute Gasteiger partial charge is 0.307 e. The van der Waals surface area contributed by atoms with Crippen LogP contribution < -0.4 is 4.90 Å². The fraction of sp³-hybridized carbons (Fsp3) is 0.533. The molecule has 5 atom stereocenters. The van der Waals surface area contributed by atoms with E-state index >= 15 is 0 Å². The van der Waals surface area contributed by atoms with E-state index in [9.17, 15) is 19.8 Å². The van der Waals surface area contributed by atoms with Crippen LogP contribution in [0.4, 0.5) is 5.69 Å². The van der Waals surface area contributed by atoms with Crippen molar-refractivity contribution in [3.8, 4) is 0 Å². The van der Waals surface area contributed by atoms with Gasteiger partial charge in [-0.25, -0.2) is 9.50 Å². The van der Waals surface area contributed by atoms with E-state index in [-0.39, 0.29) is 36.9 Å². The van der Waals surface area contributed by atoms with Crippen molar-refractivity contribution in [3.05, 3.63) is 59.5 Å². The summed E-state index contributed by atoms with van der Waals surface area (Å²) in [4.78, 5) is 33.5. The number of aliphatic hydroxyl groups excluding tert-OH is 1. The number of fused-ring (bicyclic) bond motifs is 2. The largest absolute Gasteiger partial charge is 0.481 e. The zero-order valence-corrected chi connectivity index (χ0v) is 22.9. The van der Waals surface area contributed by atoms with Gasteiger partial charge in [0.25, 0.3) is 0 Å². The number of carbonyl (C=O) groups is 2. The van der Waals surface area contributed by atoms with Gasteiger partial charge in [-0.05, 0) is 37.0 Å². The number of carboxylic acid groups (broad SMARTS) is 1. The Bertz CT molecular complexity index is 1510. The van der Waals surface area contributed by atoms with Crippen LogP contribution >= 0.6 is 0 Å². The topological polar surface area (TPSA) is 121 Å². The van der Waals surface area contributed by atoms with E-state index in [1.165, 1.54) is 5.56 Å². The number of likely N-dealkylation sites (tertiary alicyclic amines) is 1. The molecule has 40 heavy (non-hydrogen) atoms. The Kier molecular flexibility index (Phi) is 5.57. The Morgan fingerprint density at radius 3 is 2.75 bits per heavy atom. The van der Waals surface area contributed by atoms with Gasteiger partial charge in [0.15, 0.2) is 11.5 Å². The monoisotopic (exact) mass is 545 g/mol. The Morgan fingerprint density at radius 1 is 1.23 bits per heavy atom. The van der Waals surface area contributed by atoms with Gasteiger partial charge in [0, 0.05) is 43.8 Å². The summed E-state index contributed by atoms with van der Waals surface area (Å²) in [5, 5.41) is 24.7. The van der Waals surface area contributed by atoms with E-state index in [0.29, 0.717) is 25.2 Å². The maximum Gasteiger partial charge on any atom is 0.307 e. The number of pyridine rings is 1. The minimum Gasteiger partial charge on any atom is -0.481 e. The Hall–Kier alpha value is -3.50. The molecule has 8 rings (SSSR count). The number of amides is 1. The molecule has 6 heterocycles. The normalized spacial score (nSPS) is 33.5. The zero-order valence-electron chi connectivity index (χ0n) is 22.9. The zero-order chi connectivity index (χ0) is 27.9. The van der Waals surface area contributed by atoms with Crippen molar-refractivity contribution in [2.24, 2.45) is 11.8 Å². The summed E-state index contributed by atoms with van der Waals surface area (Å²) in [7, 11) is 0. The third kappa shape index (κ3) is 3.48. The van der Waals surface area contributed by atoms with Crippen LogP contribution in [0.1, 0.15) is 49.6 Å². The number of ether oxygens (including phenoxy) is 1. The van der Waals surface area contributed by atoms with Gasteiger partial charge < -0.3 is 24.7 Å². The number of anilines is 1. The first-order chi connectivity index (χ1) is 19.2. The molecule has 1 amide bonds. The van der Waals surface area contributed by atoms with Gasteiger partial charge in [-0.2, -0.15) is 0 Å². The summed E-state index contributed by atoms with van der Waals surface area (Å²) in [6, 6.07) is 12.8. The first kappa shape index (κ1) is 25.5. The molecule has 2 bridgehead atoms. The lowest BCUT2D eigenvalue weighted by Gasteiger charge is -2.56. The number of carbonyl (C=O) groups excluding carboxylic acids is 1. The van der Waals surface area contributed by atoms with Gasteiger partial charge in [0.2, 0.25) is 5.91 Å². The number of rotatable bonds is 6. The number of nitrogens with zero attached hydrogens (tertiary/aromatic N) is 5. The van der Waals surface area contributed by atoms with Crippen LogP contribution in [-0.2, 0) is 25.3 Å². The van der Waals surface area contributed by atoms with Crippen LogP contribution in [0.5, 0.6) is 0 Å². The molecule has 10 heteroatoms. The summed E-state index contributed by atoms with van der Waals surface area (Å²) >= 11 is 0. The second-order valence-corrected chi connectivity index (χ2v) is 12.5. The summed E-state index contributed by atoms with van der Waals surface area (Å²) < 4.78 is 8.17. The van der Waals surface area contributed by atoms with E-state index in [1.807, 2.05) is 17.6 Å². The van der Waals surface area contributed by atoms with Crippen molar-refractivity contribution >= 4 is 23.2 Å². The number of piperidine rings is 1. The number of carboxylic acids is 1. The Morgan fingerprint density at radius 2 is 2.02 bits per heavy atom. The molecule has 2 aromatic heterocycles. The van der Waals surface area contributed by atoms with Crippen LogP contribution in [0, 0.1) is 18.8 Å². The number of aromatic nitrogens is 3. The Balaban J connectivity index is 1.15. The van der Waals surface area contributed by atoms with Gasteiger partial charge in [-0.1, -0.05) is 37.3 Å². The van der Waals surface area contributed by atoms with Crippen molar-refractivity contribution in [3.63, 3.8) is 0 Å². The van der Waals surface area contributed by atoms with Crippen molar-refractivity contribution in [2.45, 2.75) is 56.1 Å². The number of aliphatic carboxylic acids is 1. The number of hydrogen-bond donors (Lipinski definition) is 2. The Labute approximate surface area is 232 Å². The summed E-state index contributed by atoms with van der Waals surface area (Å²) in [6.45, 7) is 6.70. The molecule has 3 aromatic rings. The molecule has 0 radical (unpaired) electrons. The highest BCUT2D eigenvalue weighted by atomic mass is 16.5. The molecule has 4 unspecified atom stereocenters. The quantitative estimate of drug-likeness (QED) is 0.485. The predicted octanol–water partition coefficient (Wildman–Crippen LogP) is 2.51. The average molecular weight is 546 g/mol. The third-order valence-electron chi connectivity index (χ3n) is 10.1. The standard InChI is InChI=1S/C30H35N5O5/c1-19-12-22(33-11-9-28(2,17-33)21-6-4-3-5-7-21)14-35-25(19)31-27(32-35)30-16-29(18-40-30,23(30)15-36)34-10-8-20(26(38)39)13-24(34)37/h3-7,12,14,20,23,36H,8-11,13,15-18H2,1-2H3,(H,38,39)/t20?,23?,28-,29?,30?/m0/s1. The molecule has 10 nitrogen and oxygen atoms in total. The van der Waals surface area contributed by atoms with E-state index in [2.05, 4.69) is 48.2 Å². The molecule has 0 spiro atoms. The van der Waals surface area contributed by atoms with Crippen molar-refractivity contribution < 1.29 is 24.5 Å². The molecule has 4 aliphatic heterocycles. The lowest BCUT2D eigenvalue weighted by atomic mass is 9.57. The van der Waals surface area contributed by atoms with Crippen molar-refractivity contribution in [1.29, 1.82) is 0 Å². The lowest BCUT2D eigenvalue weighted by molar-refractivity contribution is -0.168. The van der Waals surface area contributed by atoms with Crippen molar-refractivity contribution in [2.75, 3.05) is 37.7 Å². The average Bonchev–Trinajstić information content (AvgIpc) is 3.71. The first-order valence-corrected chi connectivity index (χ1v) is 14.2. The molecule has 5 fully saturated rings. The van der Waals surface area contributed by atoms with E-state index in [0.717, 1.165) is 36.4 Å². The van der Waals surface area contributed by atoms with Crippen molar-refractivity contribution in [1.82, 2.24) is 19.5 Å². The minimum atomic E-state index is -0.933. The first-order valence-electron chi connectivity index (χ1n) is 14.2. The number of benzene rings is 1. The molecule has 1 saturated carbocycles. The molecular weight excluding hydrogens is 510 g/mol. The van der Waals surface area contributed by atoms with Gasteiger partial charge >= 0.3 is 5.97 Å². The molecule has 1 aromatic carbocycles. The van der Waals surface area contributed by atoms with Crippen LogP contribution in [0.2, 0.25) is 0 Å². The number of hydrogen-bond acceptors (Lipinski definition) is 7. The maximum absolute atomic E-state index is 13.0. The van der Waals surface area contributed by atoms with Gasteiger partial charge in [-0.3, -0.25) is 9.59 Å². The molecule has 210 valence electrons. The van der Waals surface area contributed by atoms with E-state index < -0.39 is 23.0 Å². The predicted molar refractivity (Wildman–Crippen MR) is 146 cm³/mol. The fourth-order valence-corrected chi connectivity index (χ4v) is 7.79. The summed E-state index contributed by atoms with van der Waals surface area (Å²) in [5.74, 6) is -1.61. The highest BCUT2D eigenvalue weighted by Crippen LogP contribution is 2.64.